The Morgan fingerprint density at radius 3 is 2.52 bits per heavy atom. The minimum Gasteiger partial charge on any atom is -0.367 e. The number of fused-ring (bicyclic) bond motifs is 1. The summed E-state index contributed by atoms with van der Waals surface area (Å²) in [7, 11) is 0. The van der Waals surface area contributed by atoms with Crippen molar-refractivity contribution in [3.63, 3.8) is 0 Å². The molecule has 0 unspecified atom stereocenters. The average Bonchev–Trinajstić information content (AvgIpc) is 2.74. The van der Waals surface area contributed by atoms with Crippen molar-refractivity contribution >= 4 is 16.8 Å². The van der Waals surface area contributed by atoms with Crippen molar-refractivity contribution in [3.8, 4) is 0 Å². The van der Waals surface area contributed by atoms with Crippen LogP contribution >= 0.6 is 0 Å². The molecular weight excluding hydrogens is 411 g/mol. The number of nitrogens with zero attached hydrogens (tertiary/aromatic N) is 2. The molecule has 1 heterocycles. The molecule has 0 bridgehead atoms. The van der Waals surface area contributed by atoms with Gasteiger partial charge in [-0.05, 0) is 29.7 Å². The van der Waals surface area contributed by atoms with Gasteiger partial charge in [0.1, 0.15) is 6.61 Å². The largest absolute Gasteiger partial charge is 0.411 e. The van der Waals surface area contributed by atoms with Gasteiger partial charge in [0.2, 0.25) is 5.91 Å². The van der Waals surface area contributed by atoms with E-state index in [1.165, 1.54) is 10.9 Å². The summed E-state index contributed by atoms with van der Waals surface area (Å²) in [5, 5.41) is 3.33. The Hall–Kier alpha value is -3.20. The first-order chi connectivity index (χ1) is 14.8. The van der Waals surface area contributed by atoms with Gasteiger partial charge in [-0.1, -0.05) is 36.4 Å². The summed E-state index contributed by atoms with van der Waals surface area (Å²) in [4.78, 5) is 28.7. The zero-order valence-corrected chi connectivity index (χ0v) is 16.7. The van der Waals surface area contributed by atoms with Crippen LogP contribution in [0.5, 0.6) is 0 Å². The quantitative estimate of drug-likeness (QED) is 0.560. The lowest BCUT2D eigenvalue weighted by atomic mass is 10.1. The van der Waals surface area contributed by atoms with Crippen LogP contribution in [0.3, 0.4) is 0 Å². The number of carbonyl (C=O) groups is 1. The van der Waals surface area contributed by atoms with Gasteiger partial charge in [-0.2, -0.15) is 13.2 Å². The smallest absolute Gasteiger partial charge is 0.367 e. The molecule has 6 nitrogen and oxygen atoms in total. The van der Waals surface area contributed by atoms with Gasteiger partial charge in [-0.3, -0.25) is 14.2 Å². The van der Waals surface area contributed by atoms with Crippen molar-refractivity contribution in [1.82, 2.24) is 14.9 Å². The number of amides is 1. The number of ether oxygens (including phenoxy) is 1. The molecule has 31 heavy (non-hydrogen) atoms. The maximum absolute atomic E-state index is 12.4. The number of hydrogen-bond acceptors (Lipinski definition) is 4. The minimum atomic E-state index is -4.34. The molecule has 3 rings (SSSR count). The van der Waals surface area contributed by atoms with E-state index >= 15 is 0 Å². The number of rotatable bonds is 9. The van der Waals surface area contributed by atoms with Gasteiger partial charge in [0, 0.05) is 19.5 Å². The number of aromatic nitrogens is 2. The van der Waals surface area contributed by atoms with E-state index in [1.54, 1.807) is 42.5 Å². The molecule has 164 valence electrons. The molecule has 3 aromatic rings. The van der Waals surface area contributed by atoms with Gasteiger partial charge < -0.3 is 10.1 Å². The zero-order valence-electron chi connectivity index (χ0n) is 16.7. The molecule has 0 aliphatic rings. The lowest BCUT2D eigenvalue weighted by Gasteiger charge is -2.09. The van der Waals surface area contributed by atoms with Gasteiger partial charge in [0.05, 0.1) is 23.8 Å². The van der Waals surface area contributed by atoms with E-state index in [-0.39, 0.29) is 24.5 Å². The number of nitrogens with one attached hydrogen (secondary N) is 1. The summed E-state index contributed by atoms with van der Waals surface area (Å²) in [6.07, 6.45) is -2.12. The molecule has 0 aliphatic heterocycles. The molecule has 0 atom stereocenters. The van der Waals surface area contributed by atoms with Crippen LogP contribution in [0.1, 0.15) is 24.0 Å². The van der Waals surface area contributed by atoms with E-state index < -0.39 is 12.8 Å². The Labute approximate surface area is 176 Å². The summed E-state index contributed by atoms with van der Waals surface area (Å²) in [6, 6.07) is 13.9. The summed E-state index contributed by atoms with van der Waals surface area (Å²) >= 11 is 0. The minimum absolute atomic E-state index is 0.130. The number of benzene rings is 2. The maximum Gasteiger partial charge on any atom is 0.411 e. The molecule has 0 aliphatic carbocycles. The monoisotopic (exact) mass is 433 g/mol. The zero-order chi connectivity index (χ0) is 22.3. The van der Waals surface area contributed by atoms with E-state index in [0.29, 0.717) is 36.0 Å². The van der Waals surface area contributed by atoms with E-state index in [1.807, 2.05) is 6.07 Å². The number of hydrogen-bond donors (Lipinski definition) is 1. The van der Waals surface area contributed by atoms with Gasteiger partial charge in [-0.25, -0.2) is 4.98 Å². The van der Waals surface area contributed by atoms with Gasteiger partial charge in [-0.15, -0.1) is 0 Å². The molecule has 1 amide bonds. The third-order valence-electron chi connectivity index (χ3n) is 4.58. The maximum atomic E-state index is 12.4. The number of halogens is 3. The van der Waals surface area contributed by atoms with Crippen molar-refractivity contribution in [3.05, 3.63) is 76.3 Å². The third-order valence-corrected chi connectivity index (χ3v) is 4.58. The molecule has 1 aromatic heterocycles. The average molecular weight is 433 g/mol. The van der Waals surface area contributed by atoms with Crippen molar-refractivity contribution < 1.29 is 22.7 Å². The Morgan fingerprint density at radius 2 is 1.77 bits per heavy atom. The first kappa shape index (κ1) is 22.5. The highest BCUT2D eigenvalue weighted by molar-refractivity contribution is 5.77. The predicted molar refractivity (Wildman–Crippen MR) is 109 cm³/mol. The van der Waals surface area contributed by atoms with E-state index in [0.717, 1.165) is 5.56 Å². The molecular formula is C22H22F3N3O3. The Bertz CT molecular complexity index is 1080. The molecule has 0 radical (unpaired) electrons. The van der Waals surface area contributed by atoms with Crippen molar-refractivity contribution in [2.75, 3.05) is 6.61 Å². The molecule has 0 spiro atoms. The Morgan fingerprint density at radius 1 is 1.06 bits per heavy atom. The normalized spacial score (nSPS) is 11.6. The predicted octanol–water partition coefficient (Wildman–Crippen LogP) is 3.57. The van der Waals surface area contributed by atoms with Gasteiger partial charge in [0.15, 0.2) is 0 Å². The third kappa shape index (κ3) is 6.92. The van der Waals surface area contributed by atoms with E-state index in [2.05, 4.69) is 15.0 Å². The Kier molecular flexibility index (Phi) is 7.41. The number of carbonyl (C=O) groups excluding carboxylic acids is 1. The second-order valence-electron chi connectivity index (χ2n) is 7.07. The number of aryl methyl sites for hydroxylation is 1. The summed E-state index contributed by atoms with van der Waals surface area (Å²) in [6.45, 7) is -0.724. The first-order valence-corrected chi connectivity index (χ1v) is 9.75. The van der Waals surface area contributed by atoms with Gasteiger partial charge in [0.25, 0.3) is 5.56 Å². The van der Waals surface area contributed by atoms with Crippen LogP contribution in [0.2, 0.25) is 0 Å². The van der Waals surface area contributed by atoms with Crippen LogP contribution < -0.4 is 10.9 Å². The first-order valence-electron chi connectivity index (χ1n) is 9.75. The fraction of sp³-hybridized carbons (Fsp3) is 0.318. The summed E-state index contributed by atoms with van der Waals surface area (Å²) < 4.78 is 42.3. The lowest BCUT2D eigenvalue weighted by molar-refractivity contribution is -0.176. The van der Waals surface area contributed by atoms with Crippen LogP contribution in [0.25, 0.3) is 10.9 Å². The fourth-order valence-corrected chi connectivity index (χ4v) is 3.00. The van der Waals surface area contributed by atoms with Crippen LogP contribution in [0, 0.1) is 0 Å². The number of alkyl halides is 3. The van der Waals surface area contributed by atoms with E-state index in [9.17, 15) is 22.8 Å². The molecule has 9 heteroatoms. The summed E-state index contributed by atoms with van der Waals surface area (Å²) in [5.74, 6) is -0.153. The van der Waals surface area contributed by atoms with Crippen LogP contribution in [0.4, 0.5) is 13.2 Å². The van der Waals surface area contributed by atoms with Gasteiger partial charge >= 0.3 is 6.18 Å². The SMILES string of the molecule is O=C(CCCn1cnc2ccccc2c1=O)NCc1ccc(COCC(F)(F)F)cc1. The standard InChI is InChI=1S/C22H22F3N3O3/c23-22(24,25)14-31-13-17-9-7-16(8-10-17)12-26-20(29)6-3-11-28-15-27-19-5-2-1-4-18(19)21(28)30/h1-2,4-5,7-10,15H,3,6,11-14H2,(H,26,29). The fourth-order valence-electron chi connectivity index (χ4n) is 3.00. The molecule has 2 aromatic carbocycles. The number of para-hydroxylation sites is 1. The van der Waals surface area contributed by atoms with Crippen LogP contribution in [-0.4, -0.2) is 28.2 Å². The highest BCUT2D eigenvalue weighted by Gasteiger charge is 2.27. The molecule has 0 saturated heterocycles. The molecule has 0 fully saturated rings. The van der Waals surface area contributed by atoms with Crippen molar-refractivity contribution in [1.29, 1.82) is 0 Å². The highest BCUT2D eigenvalue weighted by Crippen LogP contribution is 2.16. The summed E-state index contributed by atoms with van der Waals surface area (Å²) in [5.41, 5.74) is 1.95. The lowest BCUT2D eigenvalue weighted by Crippen LogP contribution is -2.24. The molecule has 0 saturated carbocycles. The highest BCUT2D eigenvalue weighted by atomic mass is 19.4. The second kappa shape index (κ2) is 10.2. The van der Waals surface area contributed by atoms with Crippen molar-refractivity contribution in [2.45, 2.75) is 38.7 Å². The van der Waals surface area contributed by atoms with Crippen LogP contribution in [-0.2, 0) is 29.2 Å². The second-order valence-corrected chi connectivity index (χ2v) is 7.07. The van der Waals surface area contributed by atoms with Crippen LogP contribution in [0.15, 0.2) is 59.7 Å². The topological polar surface area (TPSA) is 73.2 Å². The van der Waals surface area contributed by atoms with E-state index in [4.69, 9.17) is 0 Å². The molecule has 1 N–H and O–H groups in total. The Balaban J connectivity index is 1.40. The van der Waals surface area contributed by atoms with Crippen molar-refractivity contribution in [2.24, 2.45) is 0 Å².